The first kappa shape index (κ1) is 21.9. The molecule has 2 unspecified atom stereocenters. The molecule has 0 heterocycles. The largest absolute Gasteiger partial charge is 0.356 e. The van der Waals surface area contributed by atoms with E-state index in [4.69, 9.17) is 4.74 Å². The standard InChI is InChI=1S/C26H18Br2F2O/c27-21-9-1-17(2-10-21)25(19-5-13-23(29)14-6-19)31-26(18-3-11-22(28)12-4-18)20-7-15-24(30)16-8-20/h1-16,25-26H. The summed E-state index contributed by atoms with van der Waals surface area (Å²) in [5.41, 5.74) is 3.51. The van der Waals surface area contributed by atoms with Gasteiger partial charge in [-0.05, 0) is 70.8 Å². The molecule has 0 aliphatic rings. The maximum absolute atomic E-state index is 13.6. The summed E-state index contributed by atoms with van der Waals surface area (Å²) in [5.74, 6) is -0.609. The van der Waals surface area contributed by atoms with Crippen molar-refractivity contribution in [1.29, 1.82) is 0 Å². The van der Waals surface area contributed by atoms with Crippen LogP contribution in [0.5, 0.6) is 0 Å². The summed E-state index contributed by atoms with van der Waals surface area (Å²) in [6.07, 6.45) is -0.903. The molecule has 0 aliphatic carbocycles. The van der Waals surface area contributed by atoms with Crippen LogP contribution in [0.4, 0.5) is 8.78 Å². The van der Waals surface area contributed by atoms with Crippen molar-refractivity contribution in [2.45, 2.75) is 12.2 Å². The Balaban J connectivity index is 1.79. The predicted molar refractivity (Wildman–Crippen MR) is 126 cm³/mol. The van der Waals surface area contributed by atoms with Crippen LogP contribution in [0.1, 0.15) is 34.5 Å². The number of hydrogen-bond acceptors (Lipinski definition) is 1. The number of rotatable bonds is 6. The first-order valence-corrected chi connectivity index (χ1v) is 11.3. The quantitative estimate of drug-likeness (QED) is 0.237. The fraction of sp³-hybridized carbons (Fsp3) is 0.0769. The van der Waals surface area contributed by atoms with Gasteiger partial charge in [0.05, 0.1) is 0 Å². The molecule has 0 bridgehead atoms. The Bertz CT molecular complexity index is 942. The Morgan fingerprint density at radius 3 is 1.00 bits per heavy atom. The highest BCUT2D eigenvalue weighted by atomic mass is 79.9. The number of ether oxygens (including phenoxy) is 1. The van der Waals surface area contributed by atoms with Gasteiger partial charge in [-0.1, -0.05) is 80.4 Å². The molecule has 156 valence electrons. The van der Waals surface area contributed by atoms with E-state index in [-0.39, 0.29) is 11.6 Å². The van der Waals surface area contributed by atoms with Crippen molar-refractivity contribution in [3.63, 3.8) is 0 Å². The monoisotopic (exact) mass is 542 g/mol. The van der Waals surface area contributed by atoms with Crippen LogP contribution in [0.3, 0.4) is 0 Å². The van der Waals surface area contributed by atoms with Crippen molar-refractivity contribution < 1.29 is 13.5 Å². The summed E-state index contributed by atoms with van der Waals surface area (Å²) in [4.78, 5) is 0. The molecule has 0 amide bonds. The molecule has 0 spiro atoms. The van der Waals surface area contributed by atoms with Crippen molar-refractivity contribution in [2.75, 3.05) is 0 Å². The summed E-state index contributed by atoms with van der Waals surface area (Å²) in [5, 5.41) is 0. The van der Waals surface area contributed by atoms with Gasteiger partial charge in [0, 0.05) is 8.95 Å². The van der Waals surface area contributed by atoms with E-state index in [2.05, 4.69) is 31.9 Å². The van der Waals surface area contributed by atoms with E-state index >= 15 is 0 Å². The van der Waals surface area contributed by atoms with Gasteiger partial charge in [0.1, 0.15) is 23.8 Å². The van der Waals surface area contributed by atoms with Gasteiger partial charge in [-0.3, -0.25) is 0 Å². The van der Waals surface area contributed by atoms with Crippen LogP contribution in [0.25, 0.3) is 0 Å². The molecule has 0 N–H and O–H groups in total. The maximum atomic E-state index is 13.6. The zero-order chi connectivity index (χ0) is 21.8. The second-order valence-corrected chi connectivity index (χ2v) is 8.93. The van der Waals surface area contributed by atoms with Gasteiger partial charge in [0.2, 0.25) is 0 Å². The third kappa shape index (κ3) is 5.48. The normalized spacial score (nSPS) is 13.0. The molecule has 0 aliphatic heterocycles. The maximum Gasteiger partial charge on any atom is 0.123 e. The molecule has 2 atom stereocenters. The van der Waals surface area contributed by atoms with Crippen LogP contribution in [-0.4, -0.2) is 0 Å². The summed E-state index contributed by atoms with van der Waals surface area (Å²) < 4.78 is 35.8. The molecule has 5 heteroatoms. The van der Waals surface area contributed by atoms with Crippen LogP contribution in [-0.2, 0) is 4.74 Å². The Morgan fingerprint density at radius 1 is 0.452 bits per heavy atom. The molecule has 0 aromatic heterocycles. The summed E-state index contributed by atoms with van der Waals surface area (Å²) in [6, 6.07) is 28.3. The van der Waals surface area contributed by atoms with Gasteiger partial charge in [0.25, 0.3) is 0 Å². The lowest BCUT2D eigenvalue weighted by atomic mass is 9.98. The van der Waals surface area contributed by atoms with Crippen molar-refractivity contribution >= 4 is 31.9 Å². The predicted octanol–water partition coefficient (Wildman–Crippen LogP) is 8.39. The Kier molecular flexibility index (Phi) is 6.96. The fourth-order valence-electron chi connectivity index (χ4n) is 3.39. The minimum Gasteiger partial charge on any atom is -0.356 e. The lowest BCUT2D eigenvalue weighted by Gasteiger charge is -2.27. The van der Waals surface area contributed by atoms with E-state index in [1.165, 1.54) is 24.3 Å². The molecule has 0 radical (unpaired) electrons. The Hall–Kier alpha value is -2.34. The van der Waals surface area contributed by atoms with Gasteiger partial charge >= 0.3 is 0 Å². The first-order chi connectivity index (χ1) is 15.0. The molecular formula is C26H18Br2F2O. The summed E-state index contributed by atoms with van der Waals surface area (Å²) in [7, 11) is 0. The Labute approximate surface area is 197 Å². The second-order valence-electron chi connectivity index (χ2n) is 7.10. The molecule has 4 aromatic carbocycles. The molecule has 4 rings (SSSR count). The highest BCUT2D eigenvalue weighted by Crippen LogP contribution is 2.37. The van der Waals surface area contributed by atoms with Crippen molar-refractivity contribution in [2.24, 2.45) is 0 Å². The van der Waals surface area contributed by atoms with Crippen LogP contribution in [0, 0.1) is 11.6 Å². The van der Waals surface area contributed by atoms with Crippen molar-refractivity contribution in [1.82, 2.24) is 0 Å². The second kappa shape index (κ2) is 9.86. The van der Waals surface area contributed by atoms with Gasteiger partial charge in [-0.2, -0.15) is 0 Å². The SMILES string of the molecule is Fc1ccc(C(OC(c2ccc(F)cc2)c2ccc(Br)cc2)c2ccc(Br)cc2)cc1. The number of hydrogen-bond donors (Lipinski definition) is 0. The van der Waals surface area contributed by atoms with Gasteiger partial charge in [-0.15, -0.1) is 0 Å². The van der Waals surface area contributed by atoms with E-state index in [9.17, 15) is 8.78 Å². The molecule has 31 heavy (non-hydrogen) atoms. The van der Waals surface area contributed by atoms with E-state index in [0.29, 0.717) is 0 Å². The number of benzene rings is 4. The van der Waals surface area contributed by atoms with E-state index in [0.717, 1.165) is 31.2 Å². The minimum absolute atomic E-state index is 0.304. The Morgan fingerprint density at radius 2 is 0.710 bits per heavy atom. The molecular weight excluding hydrogens is 526 g/mol. The van der Waals surface area contributed by atoms with E-state index in [1.54, 1.807) is 24.3 Å². The molecule has 1 nitrogen and oxygen atoms in total. The number of halogens is 4. The zero-order valence-electron chi connectivity index (χ0n) is 16.3. The summed E-state index contributed by atoms with van der Waals surface area (Å²) >= 11 is 6.94. The average molecular weight is 544 g/mol. The van der Waals surface area contributed by atoms with Crippen LogP contribution in [0.2, 0.25) is 0 Å². The van der Waals surface area contributed by atoms with E-state index < -0.39 is 12.2 Å². The van der Waals surface area contributed by atoms with Gasteiger partial charge < -0.3 is 4.74 Å². The van der Waals surface area contributed by atoms with Crippen molar-refractivity contribution in [3.05, 3.63) is 140 Å². The highest BCUT2D eigenvalue weighted by Gasteiger charge is 2.23. The average Bonchev–Trinajstić information content (AvgIpc) is 2.78. The molecule has 4 aromatic rings. The zero-order valence-corrected chi connectivity index (χ0v) is 19.5. The van der Waals surface area contributed by atoms with Crippen LogP contribution >= 0.6 is 31.9 Å². The van der Waals surface area contributed by atoms with Gasteiger partial charge in [0.15, 0.2) is 0 Å². The van der Waals surface area contributed by atoms with Crippen molar-refractivity contribution in [3.8, 4) is 0 Å². The lowest BCUT2D eigenvalue weighted by Crippen LogP contribution is -2.13. The lowest BCUT2D eigenvalue weighted by molar-refractivity contribution is 0.0308. The molecule has 0 fully saturated rings. The fourth-order valence-corrected chi connectivity index (χ4v) is 3.91. The van der Waals surface area contributed by atoms with Crippen LogP contribution < -0.4 is 0 Å². The van der Waals surface area contributed by atoms with Gasteiger partial charge in [-0.25, -0.2) is 8.78 Å². The van der Waals surface area contributed by atoms with E-state index in [1.807, 2.05) is 48.5 Å². The molecule has 0 saturated carbocycles. The molecule has 0 saturated heterocycles. The minimum atomic E-state index is -0.451. The third-order valence-corrected chi connectivity index (χ3v) is 6.02. The third-order valence-electron chi connectivity index (χ3n) is 4.96. The smallest absolute Gasteiger partial charge is 0.123 e. The van der Waals surface area contributed by atoms with Crippen LogP contribution in [0.15, 0.2) is 106 Å². The summed E-state index contributed by atoms with van der Waals surface area (Å²) in [6.45, 7) is 0. The first-order valence-electron chi connectivity index (χ1n) is 9.67. The topological polar surface area (TPSA) is 9.23 Å². The highest BCUT2D eigenvalue weighted by molar-refractivity contribution is 9.10.